The topological polar surface area (TPSA) is 0 Å². The zero-order valence-electron chi connectivity index (χ0n) is 11.4. The van der Waals surface area contributed by atoms with Crippen LogP contribution in [0.25, 0.3) is 0 Å². The molecule has 0 spiro atoms. The van der Waals surface area contributed by atoms with E-state index in [0.717, 1.165) is 0 Å². The van der Waals surface area contributed by atoms with Gasteiger partial charge in [-0.15, -0.1) is 19.7 Å². The molecule has 0 N–H and O–H groups in total. The second-order valence-electron chi connectivity index (χ2n) is 4.17. The molecule has 0 aromatic rings. The summed E-state index contributed by atoms with van der Waals surface area (Å²) >= 11 is 0. The van der Waals surface area contributed by atoms with Crippen molar-refractivity contribution in [1.29, 1.82) is 0 Å². The highest BCUT2D eigenvalue weighted by atomic mass is 28.3. The van der Waals surface area contributed by atoms with Crippen LogP contribution in [0.5, 0.6) is 0 Å². The molecule has 2 heteroatoms. The van der Waals surface area contributed by atoms with Crippen molar-refractivity contribution in [2.24, 2.45) is 0 Å². The summed E-state index contributed by atoms with van der Waals surface area (Å²) in [4.78, 5) is 0. The van der Waals surface area contributed by atoms with Crippen molar-refractivity contribution in [2.75, 3.05) is 0 Å². The van der Waals surface area contributed by atoms with Gasteiger partial charge in [0.2, 0.25) is 0 Å². The Labute approximate surface area is 108 Å². The average molecular weight is 255 g/mol. The molecule has 0 rings (SSSR count). The van der Waals surface area contributed by atoms with Crippen LogP contribution < -0.4 is 0 Å². The summed E-state index contributed by atoms with van der Waals surface area (Å²) in [5.74, 6) is 0. The number of rotatable bonds is 9. The van der Waals surface area contributed by atoms with Crippen molar-refractivity contribution in [3.8, 4) is 0 Å². The minimum atomic E-state index is -0.500. The second kappa shape index (κ2) is 17.1. The molecule has 0 bridgehead atoms. The Balaban J connectivity index is 0. The first-order valence-corrected chi connectivity index (χ1v) is 10.5. The first-order chi connectivity index (χ1) is 7.76. The Hall–Kier alpha value is -0.346. The lowest BCUT2D eigenvalue weighted by molar-refractivity contribution is 1.06. The molecule has 0 aliphatic carbocycles. The molecule has 0 nitrogen and oxygen atoms in total. The third-order valence-electron chi connectivity index (χ3n) is 2.34. The van der Waals surface area contributed by atoms with Crippen LogP contribution in [0.3, 0.4) is 0 Å². The number of hydrogen-bond donors (Lipinski definition) is 0. The SMILES string of the molecule is C=CCC[SiH](CCC=C)CCC=C.CC[SiH3]. The van der Waals surface area contributed by atoms with E-state index in [2.05, 4.69) is 26.7 Å². The predicted octanol–water partition coefficient (Wildman–Crippen LogP) is 3.73. The zero-order chi connectivity index (χ0) is 12.6. The molecule has 16 heavy (non-hydrogen) atoms. The highest BCUT2D eigenvalue weighted by molar-refractivity contribution is 6.58. The van der Waals surface area contributed by atoms with Gasteiger partial charge in [-0.2, -0.15) is 0 Å². The van der Waals surface area contributed by atoms with E-state index in [0.29, 0.717) is 0 Å². The highest BCUT2D eigenvalue weighted by Crippen LogP contribution is 2.13. The molecule has 0 amide bonds. The van der Waals surface area contributed by atoms with Crippen molar-refractivity contribution in [3.05, 3.63) is 38.0 Å². The first-order valence-electron chi connectivity index (χ1n) is 6.59. The van der Waals surface area contributed by atoms with Crippen molar-refractivity contribution in [3.63, 3.8) is 0 Å². The molecule has 94 valence electrons. The minimum Gasteiger partial charge on any atom is -0.103 e. The summed E-state index contributed by atoms with van der Waals surface area (Å²) < 4.78 is 0. The van der Waals surface area contributed by atoms with E-state index in [1.54, 1.807) is 0 Å². The fraction of sp³-hybridized carbons (Fsp3) is 0.571. The van der Waals surface area contributed by atoms with Crippen LogP contribution in [0.15, 0.2) is 38.0 Å². The third-order valence-corrected chi connectivity index (χ3v) is 5.79. The highest BCUT2D eigenvalue weighted by Gasteiger charge is 2.07. The fourth-order valence-electron chi connectivity index (χ4n) is 1.49. The van der Waals surface area contributed by atoms with Gasteiger partial charge in [-0.25, -0.2) is 0 Å². The van der Waals surface area contributed by atoms with Crippen molar-refractivity contribution in [2.45, 2.75) is 50.4 Å². The fourth-order valence-corrected chi connectivity index (χ4v) is 4.48. The predicted molar refractivity (Wildman–Crippen MR) is 86.4 cm³/mol. The molecule has 0 unspecified atom stereocenters. The van der Waals surface area contributed by atoms with E-state index in [4.69, 9.17) is 0 Å². The van der Waals surface area contributed by atoms with Gasteiger partial charge in [0.05, 0.1) is 0 Å². The van der Waals surface area contributed by atoms with Crippen LogP contribution in [0.4, 0.5) is 0 Å². The van der Waals surface area contributed by atoms with Gasteiger partial charge in [-0.3, -0.25) is 0 Å². The molecule has 0 heterocycles. The molecule has 0 aliphatic rings. The summed E-state index contributed by atoms with van der Waals surface area (Å²) in [5, 5.41) is 0. The summed E-state index contributed by atoms with van der Waals surface area (Å²) in [7, 11) is 0.868. The number of allylic oxidation sites excluding steroid dienone is 3. The summed E-state index contributed by atoms with van der Waals surface area (Å²) in [6.07, 6.45) is 9.73. The van der Waals surface area contributed by atoms with Crippen LogP contribution >= 0.6 is 0 Å². The zero-order valence-corrected chi connectivity index (χ0v) is 14.5. The van der Waals surface area contributed by atoms with Crippen molar-refractivity contribution in [1.82, 2.24) is 0 Å². The lowest BCUT2D eigenvalue weighted by Crippen LogP contribution is -2.10. The lowest BCUT2D eigenvalue weighted by atomic mass is 10.5. The summed E-state index contributed by atoms with van der Waals surface area (Å²) in [6, 6.07) is 5.61. The van der Waals surface area contributed by atoms with Gasteiger partial charge in [-0.1, -0.05) is 49.3 Å². The molecule has 0 aromatic carbocycles. The minimum absolute atomic E-state index is 0.500. The lowest BCUT2D eigenvalue weighted by Gasteiger charge is -2.11. The standard InChI is InChI=1S/C12H22Si.C2H8Si/c1-4-7-10-13(11-8-5-2)12-9-6-3;1-2-3/h4-6,13H,1-3,7-12H2;2H2,1,3H3. The largest absolute Gasteiger partial charge is 0.103 e. The Bertz CT molecular complexity index is 136. The molecule has 0 aromatic heterocycles. The summed E-state index contributed by atoms with van der Waals surface area (Å²) in [5.41, 5.74) is 0. The van der Waals surface area contributed by atoms with Gasteiger partial charge < -0.3 is 0 Å². The second-order valence-corrected chi connectivity index (χ2v) is 9.05. The Morgan fingerprint density at radius 3 is 1.31 bits per heavy atom. The molecule has 0 saturated carbocycles. The normalized spacial score (nSPS) is 9.38. The molecular formula is C14H30Si2. The van der Waals surface area contributed by atoms with Gasteiger partial charge in [-0.05, 0) is 19.3 Å². The molecule has 0 atom stereocenters. The van der Waals surface area contributed by atoms with Crippen LogP contribution in [-0.4, -0.2) is 19.0 Å². The quantitative estimate of drug-likeness (QED) is 0.434. The monoisotopic (exact) mass is 254 g/mol. The van der Waals surface area contributed by atoms with Gasteiger partial charge in [0, 0.05) is 19.0 Å². The third kappa shape index (κ3) is 16.1. The van der Waals surface area contributed by atoms with Crippen molar-refractivity contribution < 1.29 is 0 Å². The van der Waals surface area contributed by atoms with E-state index in [1.807, 2.05) is 18.2 Å². The molecule has 0 aliphatic heterocycles. The van der Waals surface area contributed by atoms with Gasteiger partial charge in [0.1, 0.15) is 0 Å². The Kier molecular flexibility index (Phi) is 19.2. The smallest absolute Gasteiger partial charge is 0.0377 e. The Morgan fingerprint density at radius 2 is 1.12 bits per heavy atom. The van der Waals surface area contributed by atoms with E-state index >= 15 is 0 Å². The maximum Gasteiger partial charge on any atom is 0.0377 e. The van der Waals surface area contributed by atoms with Gasteiger partial charge in [0.25, 0.3) is 0 Å². The van der Waals surface area contributed by atoms with E-state index in [1.165, 1.54) is 53.7 Å². The Morgan fingerprint density at radius 1 is 0.875 bits per heavy atom. The van der Waals surface area contributed by atoms with Gasteiger partial charge >= 0.3 is 0 Å². The van der Waals surface area contributed by atoms with Crippen molar-refractivity contribution >= 4 is 19.0 Å². The van der Waals surface area contributed by atoms with Gasteiger partial charge in [0.15, 0.2) is 0 Å². The van der Waals surface area contributed by atoms with E-state index in [9.17, 15) is 0 Å². The average Bonchev–Trinajstić information content (AvgIpc) is 2.29. The van der Waals surface area contributed by atoms with Crippen LogP contribution in [0.2, 0.25) is 24.2 Å². The molecule has 0 fully saturated rings. The maximum absolute atomic E-state index is 3.78. The van der Waals surface area contributed by atoms with Crippen LogP contribution in [0, 0.1) is 0 Å². The van der Waals surface area contributed by atoms with E-state index in [-0.39, 0.29) is 0 Å². The van der Waals surface area contributed by atoms with E-state index < -0.39 is 8.80 Å². The summed E-state index contributed by atoms with van der Waals surface area (Å²) in [6.45, 7) is 13.5. The molecule has 0 radical (unpaired) electrons. The first kappa shape index (κ1) is 18.0. The molecular weight excluding hydrogens is 224 g/mol. The maximum atomic E-state index is 3.78. The van der Waals surface area contributed by atoms with Crippen LogP contribution in [0.1, 0.15) is 26.2 Å². The number of hydrogen-bond acceptors (Lipinski definition) is 0. The van der Waals surface area contributed by atoms with Crippen LogP contribution in [-0.2, 0) is 0 Å². The molecule has 0 saturated heterocycles.